The number of aromatic amines is 1. The Balaban J connectivity index is 1.51. The van der Waals surface area contributed by atoms with Gasteiger partial charge in [-0.2, -0.15) is 0 Å². The molecule has 2 heterocycles. The molecule has 2 aromatic heterocycles. The molecule has 0 amide bonds. The van der Waals surface area contributed by atoms with Crippen LogP contribution >= 0.6 is 0 Å². The number of benzene rings is 2. The molecular formula is C26H21FN2O4. The lowest BCUT2D eigenvalue weighted by Crippen LogP contribution is -2.05. The number of methoxy groups -OCH3 is 1. The molecular weight excluding hydrogens is 423 g/mol. The number of aromatic nitrogens is 2. The first-order chi connectivity index (χ1) is 15.9. The predicted molar refractivity (Wildman–Crippen MR) is 121 cm³/mol. The molecule has 0 fully saturated rings. The van der Waals surface area contributed by atoms with Crippen LogP contribution in [0.2, 0.25) is 0 Å². The van der Waals surface area contributed by atoms with Gasteiger partial charge in [0.25, 0.3) is 0 Å². The van der Waals surface area contributed by atoms with E-state index in [-0.39, 0.29) is 12.2 Å². The maximum absolute atomic E-state index is 14.0. The molecule has 4 rings (SSSR count). The van der Waals surface area contributed by atoms with Crippen molar-refractivity contribution in [2.45, 2.75) is 13.3 Å². The molecule has 33 heavy (non-hydrogen) atoms. The Labute approximate surface area is 190 Å². The van der Waals surface area contributed by atoms with Crippen molar-refractivity contribution >= 4 is 11.8 Å². The number of Topliss-reactive ketones (excluding diaryl/α,β-unsaturated/α-hetero) is 1. The van der Waals surface area contributed by atoms with Crippen LogP contribution in [0, 0.1) is 12.7 Å². The number of hydrogen-bond acceptors (Lipinski definition) is 5. The van der Waals surface area contributed by atoms with Crippen LogP contribution in [0.4, 0.5) is 4.39 Å². The van der Waals surface area contributed by atoms with Crippen LogP contribution in [0.15, 0.2) is 73.1 Å². The van der Waals surface area contributed by atoms with Gasteiger partial charge >= 0.3 is 5.97 Å². The summed E-state index contributed by atoms with van der Waals surface area (Å²) in [6, 6.07) is 16.5. The van der Waals surface area contributed by atoms with Gasteiger partial charge in [-0.15, -0.1) is 0 Å². The van der Waals surface area contributed by atoms with E-state index in [1.807, 2.05) is 6.92 Å². The minimum absolute atomic E-state index is 0.0360. The molecule has 4 aromatic rings. The summed E-state index contributed by atoms with van der Waals surface area (Å²) in [7, 11) is 1.32. The van der Waals surface area contributed by atoms with E-state index < -0.39 is 11.8 Å². The predicted octanol–water partition coefficient (Wildman–Crippen LogP) is 5.53. The first kappa shape index (κ1) is 22.0. The minimum atomic E-state index is -0.447. The van der Waals surface area contributed by atoms with Crippen LogP contribution in [0.1, 0.15) is 31.8 Å². The standard InChI is InChI=1S/C26H21FN2O4/c1-16-6-7-22(27)18(10-16)13-25(30)17-4-3-5-20(11-17)33-21-8-9-28-24(14-21)23-12-19(15-29-23)26(31)32-2/h3-12,14-15,29H,13H2,1-2H3. The highest BCUT2D eigenvalue weighted by Gasteiger charge is 2.13. The van der Waals surface area contributed by atoms with Crippen LogP contribution in [0.25, 0.3) is 11.4 Å². The number of nitrogens with one attached hydrogen (secondary N) is 1. The quantitative estimate of drug-likeness (QED) is 0.299. The summed E-state index contributed by atoms with van der Waals surface area (Å²) < 4.78 is 24.7. The second-order valence-electron chi connectivity index (χ2n) is 7.50. The Bertz CT molecular complexity index is 1330. The third kappa shape index (κ3) is 5.15. The van der Waals surface area contributed by atoms with Crippen LogP contribution in [0.5, 0.6) is 11.5 Å². The summed E-state index contributed by atoms with van der Waals surface area (Å²) >= 11 is 0. The van der Waals surface area contributed by atoms with Crippen molar-refractivity contribution in [2.75, 3.05) is 7.11 Å². The molecule has 0 radical (unpaired) electrons. The van der Waals surface area contributed by atoms with Gasteiger partial charge in [-0.1, -0.05) is 29.8 Å². The van der Waals surface area contributed by atoms with Crippen LogP contribution in [-0.4, -0.2) is 28.8 Å². The number of ether oxygens (including phenoxy) is 2. The summed E-state index contributed by atoms with van der Waals surface area (Å²) in [4.78, 5) is 31.7. The van der Waals surface area contributed by atoms with E-state index in [0.29, 0.717) is 39.6 Å². The van der Waals surface area contributed by atoms with Crippen molar-refractivity contribution in [1.82, 2.24) is 9.97 Å². The molecule has 0 atom stereocenters. The van der Waals surface area contributed by atoms with Crippen molar-refractivity contribution in [3.63, 3.8) is 0 Å². The topological polar surface area (TPSA) is 81.3 Å². The maximum atomic E-state index is 14.0. The van der Waals surface area contributed by atoms with Gasteiger partial charge in [0.2, 0.25) is 0 Å². The summed E-state index contributed by atoms with van der Waals surface area (Å²) in [5, 5.41) is 0. The summed E-state index contributed by atoms with van der Waals surface area (Å²) in [5.74, 6) is -0.0858. The van der Waals surface area contributed by atoms with E-state index in [9.17, 15) is 14.0 Å². The fourth-order valence-electron chi connectivity index (χ4n) is 3.38. The largest absolute Gasteiger partial charge is 0.465 e. The van der Waals surface area contributed by atoms with Crippen molar-refractivity contribution in [2.24, 2.45) is 0 Å². The summed E-state index contributed by atoms with van der Waals surface area (Å²) in [5.41, 5.74) is 3.27. The fourth-order valence-corrected chi connectivity index (χ4v) is 3.38. The first-order valence-corrected chi connectivity index (χ1v) is 10.2. The SMILES string of the molecule is COC(=O)c1c[nH]c(-c2cc(Oc3cccc(C(=O)Cc4cc(C)ccc4F)c3)ccn2)c1. The van der Waals surface area contributed by atoms with E-state index in [4.69, 9.17) is 9.47 Å². The molecule has 2 aromatic carbocycles. The molecule has 6 nitrogen and oxygen atoms in total. The lowest BCUT2D eigenvalue weighted by atomic mass is 10.0. The number of esters is 1. The maximum Gasteiger partial charge on any atom is 0.339 e. The van der Waals surface area contributed by atoms with Gasteiger partial charge in [-0.3, -0.25) is 9.78 Å². The number of rotatable bonds is 7. The third-order valence-corrected chi connectivity index (χ3v) is 5.06. The molecule has 1 N–H and O–H groups in total. The Morgan fingerprint density at radius 3 is 2.64 bits per heavy atom. The van der Waals surface area contributed by atoms with Gasteiger partial charge in [0.05, 0.1) is 24.1 Å². The number of hydrogen-bond donors (Lipinski definition) is 1. The van der Waals surface area contributed by atoms with Crippen molar-refractivity contribution < 1.29 is 23.5 Å². The second-order valence-corrected chi connectivity index (χ2v) is 7.50. The molecule has 0 saturated heterocycles. The normalized spacial score (nSPS) is 10.6. The van der Waals surface area contributed by atoms with E-state index in [2.05, 4.69) is 9.97 Å². The Morgan fingerprint density at radius 1 is 1.00 bits per heavy atom. The van der Waals surface area contributed by atoms with Gasteiger partial charge in [-0.25, -0.2) is 9.18 Å². The second kappa shape index (κ2) is 9.48. The average Bonchev–Trinajstić information content (AvgIpc) is 3.32. The Kier molecular flexibility index (Phi) is 6.31. The highest BCUT2D eigenvalue weighted by Crippen LogP contribution is 2.27. The fraction of sp³-hybridized carbons (Fsp3) is 0.115. The number of carbonyl (C=O) groups is 2. The van der Waals surface area contributed by atoms with E-state index in [0.717, 1.165) is 5.56 Å². The highest BCUT2D eigenvalue weighted by molar-refractivity contribution is 5.98. The molecule has 0 spiro atoms. The molecule has 0 bridgehead atoms. The van der Waals surface area contributed by atoms with Gasteiger partial charge in [0.15, 0.2) is 5.78 Å². The lowest BCUT2D eigenvalue weighted by molar-refractivity contribution is 0.0601. The first-order valence-electron chi connectivity index (χ1n) is 10.2. The van der Waals surface area contributed by atoms with Crippen molar-refractivity contribution in [3.8, 4) is 22.9 Å². The zero-order valence-electron chi connectivity index (χ0n) is 18.1. The van der Waals surface area contributed by atoms with Crippen molar-refractivity contribution in [3.05, 3.63) is 101 Å². The average molecular weight is 444 g/mol. The molecule has 0 unspecified atom stereocenters. The third-order valence-electron chi connectivity index (χ3n) is 5.06. The zero-order chi connectivity index (χ0) is 23.4. The van der Waals surface area contributed by atoms with E-state index >= 15 is 0 Å². The number of carbonyl (C=O) groups excluding carboxylic acids is 2. The van der Waals surface area contributed by atoms with E-state index in [1.54, 1.807) is 67.0 Å². The molecule has 7 heteroatoms. The molecule has 0 aliphatic rings. The van der Waals surface area contributed by atoms with Gasteiger partial charge in [0, 0.05) is 30.4 Å². The number of pyridine rings is 1. The van der Waals surface area contributed by atoms with Crippen LogP contribution in [0.3, 0.4) is 0 Å². The number of H-pyrrole nitrogens is 1. The van der Waals surface area contributed by atoms with Gasteiger partial charge < -0.3 is 14.5 Å². The molecule has 166 valence electrons. The van der Waals surface area contributed by atoms with Crippen molar-refractivity contribution in [1.29, 1.82) is 0 Å². The van der Waals surface area contributed by atoms with Gasteiger partial charge in [0.1, 0.15) is 17.3 Å². The number of aryl methyl sites for hydroxylation is 1. The molecule has 0 aliphatic carbocycles. The highest BCUT2D eigenvalue weighted by atomic mass is 19.1. The lowest BCUT2D eigenvalue weighted by Gasteiger charge is -2.09. The summed E-state index contributed by atoms with van der Waals surface area (Å²) in [6.45, 7) is 1.86. The zero-order valence-corrected chi connectivity index (χ0v) is 18.1. The van der Waals surface area contributed by atoms with Crippen LogP contribution in [-0.2, 0) is 11.2 Å². The van der Waals surface area contributed by atoms with E-state index in [1.165, 1.54) is 13.2 Å². The summed E-state index contributed by atoms with van der Waals surface area (Å²) in [6.07, 6.45) is 3.09. The molecule has 0 aliphatic heterocycles. The van der Waals surface area contributed by atoms with Crippen LogP contribution < -0.4 is 4.74 Å². The number of ketones is 1. The Morgan fingerprint density at radius 2 is 1.82 bits per heavy atom. The molecule has 0 saturated carbocycles. The number of nitrogens with zero attached hydrogens (tertiary/aromatic N) is 1. The minimum Gasteiger partial charge on any atom is -0.465 e. The Hall–Kier alpha value is -4.26. The van der Waals surface area contributed by atoms with Gasteiger partial charge in [-0.05, 0) is 42.8 Å². The monoisotopic (exact) mass is 444 g/mol. The number of halogens is 1. The smallest absolute Gasteiger partial charge is 0.339 e.